The van der Waals surface area contributed by atoms with Crippen LogP contribution in [0.5, 0.6) is 0 Å². The normalized spacial score (nSPS) is 24.2. The molecule has 1 saturated heterocycles. The monoisotopic (exact) mass is 482 g/mol. The first kappa shape index (κ1) is 24.8. The van der Waals surface area contributed by atoms with Gasteiger partial charge in [0.15, 0.2) is 5.82 Å². The molecule has 5 atom stereocenters. The number of nitrogens with one attached hydrogen (secondary N) is 1. The molecule has 4 rings (SSSR count). The Labute approximate surface area is 204 Å². The molecule has 2 heterocycles. The van der Waals surface area contributed by atoms with E-state index in [1.807, 2.05) is 50.2 Å². The second kappa shape index (κ2) is 11.0. The molecular weight excluding hydrogens is 452 g/mol. The van der Waals surface area contributed by atoms with Gasteiger partial charge in [0.05, 0.1) is 11.8 Å². The van der Waals surface area contributed by atoms with E-state index in [2.05, 4.69) is 15.4 Å². The Hall–Kier alpha value is -3.31. The highest BCUT2D eigenvalue weighted by molar-refractivity contribution is 5.85. The zero-order valence-electron chi connectivity index (χ0n) is 20.4. The Morgan fingerprint density at radius 2 is 1.60 bits per heavy atom. The van der Waals surface area contributed by atoms with Gasteiger partial charge in [-0.15, -0.1) is 5.10 Å². The first-order chi connectivity index (χ1) is 16.9. The second-order valence-electron chi connectivity index (χ2n) is 8.27. The molecule has 35 heavy (non-hydrogen) atoms. The van der Waals surface area contributed by atoms with Crippen LogP contribution in [0.2, 0.25) is 0 Å². The average molecular weight is 483 g/mol. The standard InChI is InChI=1S/C25H30N4O6/c1-15-6-12-19(13-7-15)29-14-26-23(28-29)17-8-10-18(11-9-17)27-25(30)35-24-22(33-5)21(32-4)20(31-3)16(2)34-24/h6-14,16,20-22,24H,1-5H3,(H,27,30)/t16-,20-,21+,22+,24+/m0/s1. The molecule has 0 radical (unpaired) electrons. The first-order valence-corrected chi connectivity index (χ1v) is 11.2. The summed E-state index contributed by atoms with van der Waals surface area (Å²) in [5.74, 6) is 0.575. The predicted molar refractivity (Wildman–Crippen MR) is 128 cm³/mol. The van der Waals surface area contributed by atoms with Gasteiger partial charge >= 0.3 is 6.09 Å². The van der Waals surface area contributed by atoms with E-state index in [0.29, 0.717) is 11.5 Å². The van der Waals surface area contributed by atoms with Gasteiger partial charge in [-0.3, -0.25) is 5.32 Å². The lowest BCUT2D eigenvalue weighted by Crippen LogP contribution is -2.59. The van der Waals surface area contributed by atoms with Crippen molar-refractivity contribution in [3.05, 3.63) is 60.4 Å². The highest BCUT2D eigenvalue weighted by Gasteiger charge is 2.47. The molecule has 0 unspecified atom stereocenters. The topological polar surface area (TPSA) is 106 Å². The van der Waals surface area contributed by atoms with Crippen molar-refractivity contribution in [1.82, 2.24) is 14.8 Å². The van der Waals surface area contributed by atoms with Crippen molar-refractivity contribution in [2.45, 2.75) is 44.6 Å². The number of hydrogen-bond donors (Lipinski definition) is 1. The largest absolute Gasteiger partial charge is 0.416 e. The number of carbonyl (C=O) groups excluding carboxylic acids is 1. The van der Waals surface area contributed by atoms with Crippen molar-refractivity contribution in [3.63, 3.8) is 0 Å². The molecule has 10 heteroatoms. The van der Waals surface area contributed by atoms with Crippen LogP contribution in [0.3, 0.4) is 0 Å². The molecule has 0 saturated carbocycles. The maximum atomic E-state index is 12.6. The van der Waals surface area contributed by atoms with E-state index in [4.69, 9.17) is 23.7 Å². The number of amides is 1. The highest BCUT2D eigenvalue weighted by Crippen LogP contribution is 2.28. The predicted octanol–water partition coefficient (Wildman–Crippen LogP) is 3.58. The van der Waals surface area contributed by atoms with Crippen LogP contribution in [0.4, 0.5) is 10.5 Å². The summed E-state index contributed by atoms with van der Waals surface area (Å²) in [7, 11) is 4.63. The molecule has 2 aromatic carbocycles. The minimum absolute atomic E-state index is 0.358. The summed E-state index contributed by atoms with van der Waals surface area (Å²) >= 11 is 0. The van der Waals surface area contributed by atoms with Crippen molar-refractivity contribution in [2.24, 2.45) is 0 Å². The maximum Gasteiger partial charge on any atom is 0.414 e. The van der Waals surface area contributed by atoms with E-state index in [1.54, 1.807) is 37.4 Å². The van der Waals surface area contributed by atoms with E-state index in [1.165, 1.54) is 12.7 Å². The quantitative estimate of drug-likeness (QED) is 0.545. The van der Waals surface area contributed by atoms with E-state index in [-0.39, 0.29) is 12.2 Å². The van der Waals surface area contributed by atoms with Crippen molar-refractivity contribution >= 4 is 11.8 Å². The lowest BCUT2D eigenvalue weighted by molar-refractivity contribution is -0.288. The molecular formula is C25H30N4O6. The van der Waals surface area contributed by atoms with Crippen molar-refractivity contribution in [2.75, 3.05) is 26.6 Å². The van der Waals surface area contributed by atoms with Crippen LogP contribution in [-0.4, -0.2) is 72.9 Å². The minimum Gasteiger partial charge on any atom is -0.416 e. The van der Waals surface area contributed by atoms with Crippen LogP contribution in [-0.2, 0) is 23.7 Å². The third kappa shape index (κ3) is 5.51. The van der Waals surface area contributed by atoms with Gasteiger partial charge in [-0.1, -0.05) is 17.7 Å². The Balaban J connectivity index is 1.39. The van der Waals surface area contributed by atoms with Gasteiger partial charge in [0.1, 0.15) is 24.6 Å². The third-order valence-corrected chi connectivity index (χ3v) is 5.95. The summed E-state index contributed by atoms with van der Waals surface area (Å²) in [5.41, 5.74) is 3.46. The van der Waals surface area contributed by atoms with Gasteiger partial charge < -0.3 is 23.7 Å². The Kier molecular flexibility index (Phi) is 7.76. The summed E-state index contributed by atoms with van der Waals surface area (Å²) in [6, 6.07) is 15.2. The van der Waals surface area contributed by atoms with Gasteiger partial charge in [-0.2, -0.15) is 0 Å². The average Bonchev–Trinajstić information content (AvgIpc) is 3.34. The Bertz CT molecular complexity index is 1120. The lowest BCUT2D eigenvalue weighted by Gasteiger charge is -2.43. The fourth-order valence-corrected chi connectivity index (χ4v) is 4.08. The highest BCUT2D eigenvalue weighted by atomic mass is 16.7. The van der Waals surface area contributed by atoms with Crippen LogP contribution in [0.15, 0.2) is 54.9 Å². The zero-order chi connectivity index (χ0) is 24.9. The van der Waals surface area contributed by atoms with E-state index in [0.717, 1.165) is 11.3 Å². The van der Waals surface area contributed by atoms with Crippen LogP contribution in [0.25, 0.3) is 17.1 Å². The first-order valence-electron chi connectivity index (χ1n) is 11.2. The summed E-state index contributed by atoms with van der Waals surface area (Å²) in [6.07, 6.45) is -1.79. The molecule has 1 amide bonds. The summed E-state index contributed by atoms with van der Waals surface area (Å²) in [4.78, 5) is 17.0. The number of rotatable bonds is 7. The zero-order valence-corrected chi connectivity index (χ0v) is 20.4. The second-order valence-corrected chi connectivity index (χ2v) is 8.27. The van der Waals surface area contributed by atoms with Crippen molar-refractivity contribution in [3.8, 4) is 17.1 Å². The number of ether oxygens (including phenoxy) is 5. The van der Waals surface area contributed by atoms with Gasteiger partial charge in [0.2, 0.25) is 6.29 Å². The third-order valence-electron chi connectivity index (χ3n) is 5.95. The molecule has 1 aromatic heterocycles. The molecule has 0 bridgehead atoms. The SMILES string of the molecule is CO[C@@H]1[C@@H](OC)[C@H](C)O[C@H](OC(=O)Nc2ccc(-c3ncn(-c4ccc(C)cc4)n3)cc2)[C@@H]1OC. The molecule has 1 N–H and O–H groups in total. The van der Waals surface area contributed by atoms with E-state index >= 15 is 0 Å². The van der Waals surface area contributed by atoms with Gasteiger partial charge in [0.25, 0.3) is 0 Å². The number of carbonyl (C=O) groups is 1. The van der Waals surface area contributed by atoms with Crippen molar-refractivity contribution in [1.29, 1.82) is 0 Å². The molecule has 0 spiro atoms. The van der Waals surface area contributed by atoms with Crippen molar-refractivity contribution < 1.29 is 28.5 Å². The summed E-state index contributed by atoms with van der Waals surface area (Å²) < 4.78 is 29.5. The van der Waals surface area contributed by atoms with Crippen LogP contribution in [0, 0.1) is 6.92 Å². The van der Waals surface area contributed by atoms with E-state index < -0.39 is 24.6 Å². The number of methoxy groups -OCH3 is 3. The number of anilines is 1. The smallest absolute Gasteiger partial charge is 0.414 e. The fourth-order valence-electron chi connectivity index (χ4n) is 4.08. The van der Waals surface area contributed by atoms with Gasteiger partial charge in [-0.25, -0.2) is 14.5 Å². The number of benzene rings is 2. The number of nitrogens with zero attached hydrogens (tertiary/aromatic N) is 3. The Morgan fingerprint density at radius 3 is 2.23 bits per heavy atom. The van der Waals surface area contributed by atoms with Gasteiger partial charge in [0, 0.05) is 32.6 Å². The lowest BCUT2D eigenvalue weighted by atomic mass is 9.99. The number of aryl methyl sites for hydroxylation is 1. The molecule has 10 nitrogen and oxygen atoms in total. The summed E-state index contributed by atoms with van der Waals surface area (Å²) in [5, 5.41) is 7.25. The molecule has 1 aliphatic rings. The fraction of sp³-hybridized carbons (Fsp3) is 0.400. The maximum absolute atomic E-state index is 12.6. The van der Waals surface area contributed by atoms with E-state index in [9.17, 15) is 4.79 Å². The summed E-state index contributed by atoms with van der Waals surface area (Å²) in [6.45, 7) is 3.86. The number of aromatic nitrogens is 3. The molecule has 3 aromatic rings. The molecule has 1 fully saturated rings. The van der Waals surface area contributed by atoms with Crippen LogP contribution >= 0.6 is 0 Å². The molecule has 0 aliphatic carbocycles. The number of hydrogen-bond acceptors (Lipinski definition) is 8. The molecule has 1 aliphatic heterocycles. The van der Waals surface area contributed by atoms with Crippen LogP contribution < -0.4 is 5.32 Å². The van der Waals surface area contributed by atoms with Gasteiger partial charge in [-0.05, 0) is 50.2 Å². The minimum atomic E-state index is -0.958. The molecule has 186 valence electrons. The van der Waals surface area contributed by atoms with Crippen LogP contribution in [0.1, 0.15) is 12.5 Å². The Morgan fingerprint density at radius 1 is 0.943 bits per heavy atom.